The molecular weight excluding hydrogens is 241 g/mol. The van der Waals surface area contributed by atoms with Crippen LogP contribution in [-0.2, 0) is 6.18 Å². The van der Waals surface area contributed by atoms with Crippen LogP contribution in [0.25, 0.3) is 0 Å². The Bertz CT molecular complexity index is 532. The highest BCUT2D eigenvalue weighted by molar-refractivity contribution is 5.38. The van der Waals surface area contributed by atoms with Crippen molar-refractivity contribution >= 4 is 0 Å². The summed E-state index contributed by atoms with van der Waals surface area (Å²) in [6.45, 7) is 1.42. The average Bonchev–Trinajstić information content (AvgIpc) is 2.28. The van der Waals surface area contributed by atoms with Crippen molar-refractivity contribution in [3.8, 4) is 11.5 Å². The van der Waals surface area contributed by atoms with E-state index in [9.17, 15) is 13.2 Å². The quantitative estimate of drug-likeness (QED) is 0.745. The molecule has 0 N–H and O–H groups in total. The van der Waals surface area contributed by atoms with E-state index >= 15 is 0 Å². The standard InChI is InChI=1S/C14H11F3O/c1-10-9-12(7-8-13(10)14(15,16)17)18-11-5-3-2-4-6-11/h2-9H,1H3. The predicted octanol–water partition coefficient (Wildman–Crippen LogP) is 4.81. The number of rotatable bonds is 2. The molecule has 0 fully saturated rings. The number of benzene rings is 2. The van der Waals surface area contributed by atoms with Crippen molar-refractivity contribution in [3.63, 3.8) is 0 Å². The van der Waals surface area contributed by atoms with E-state index in [2.05, 4.69) is 0 Å². The minimum absolute atomic E-state index is 0.149. The van der Waals surface area contributed by atoms with Gasteiger partial charge in [0.15, 0.2) is 0 Å². The van der Waals surface area contributed by atoms with Gasteiger partial charge in [-0.15, -0.1) is 0 Å². The molecule has 94 valence electrons. The molecule has 0 atom stereocenters. The number of ether oxygens (including phenoxy) is 1. The zero-order chi connectivity index (χ0) is 13.2. The van der Waals surface area contributed by atoms with Crippen LogP contribution in [0.1, 0.15) is 11.1 Å². The van der Waals surface area contributed by atoms with Crippen molar-refractivity contribution in [2.75, 3.05) is 0 Å². The first-order valence-corrected chi connectivity index (χ1v) is 5.37. The van der Waals surface area contributed by atoms with Crippen LogP contribution < -0.4 is 4.74 Å². The Kier molecular flexibility index (Phi) is 3.28. The molecule has 0 bridgehead atoms. The van der Waals surface area contributed by atoms with Gasteiger partial charge < -0.3 is 4.74 Å². The molecule has 0 saturated carbocycles. The van der Waals surface area contributed by atoms with E-state index in [1.54, 1.807) is 24.3 Å². The number of hydrogen-bond donors (Lipinski definition) is 0. The van der Waals surface area contributed by atoms with E-state index in [4.69, 9.17) is 4.74 Å². The molecule has 0 aliphatic carbocycles. The smallest absolute Gasteiger partial charge is 0.416 e. The lowest BCUT2D eigenvalue weighted by atomic mass is 10.1. The van der Waals surface area contributed by atoms with E-state index in [1.165, 1.54) is 19.1 Å². The van der Waals surface area contributed by atoms with Gasteiger partial charge in [-0.25, -0.2) is 0 Å². The first-order valence-electron chi connectivity index (χ1n) is 5.37. The summed E-state index contributed by atoms with van der Waals surface area (Å²) >= 11 is 0. The lowest BCUT2D eigenvalue weighted by Gasteiger charge is -2.12. The molecule has 18 heavy (non-hydrogen) atoms. The molecular formula is C14H11F3O. The normalized spacial score (nSPS) is 11.3. The molecule has 2 aromatic carbocycles. The predicted molar refractivity (Wildman–Crippen MR) is 62.7 cm³/mol. The second-order valence-corrected chi connectivity index (χ2v) is 3.89. The lowest BCUT2D eigenvalue weighted by molar-refractivity contribution is -0.138. The Labute approximate surface area is 103 Å². The summed E-state index contributed by atoms with van der Waals surface area (Å²) in [5.74, 6) is 0.989. The highest BCUT2D eigenvalue weighted by Gasteiger charge is 2.32. The monoisotopic (exact) mass is 252 g/mol. The molecule has 0 aliphatic heterocycles. The third-order valence-corrected chi connectivity index (χ3v) is 2.48. The first kappa shape index (κ1) is 12.5. The molecule has 4 heteroatoms. The van der Waals surface area contributed by atoms with E-state index < -0.39 is 11.7 Å². The molecule has 0 spiro atoms. The van der Waals surface area contributed by atoms with Gasteiger partial charge in [-0.1, -0.05) is 18.2 Å². The molecule has 2 rings (SSSR count). The van der Waals surface area contributed by atoms with Crippen LogP contribution >= 0.6 is 0 Å². The van der Waals surface area contributed by atoms with Crippen molar-refractivity contribution in [2.45, 2.75) is 13.1 Å². The van der Waals surface area contributed by atoms with Crippen molar-refractivity contribution in [1.29, 1.82) is 0 Å². The second-order valence-electron chi connectivity index (χ2n) is 3.89. The van der Waals surface area contributed by atoms with Crippen LogP contribution in [0, 0.1) is 6.92 Å². The van der Waals surface area contributed by atoms with Gasteiger partial charge in [0, 0.05) is 0 Å². The van der Waals surface area contributed by atoms with Crippen molar-refractivity contribution in [2.24, 2.45) is 0 Å². The Morgan fingerprint density at radius 3 is 2.11 bits per heavy atom. The fourth-order valence-corrected chi connectivity index (χ4v) is 1.64. The summed E-state index contributed by atoms with van der Waals surface area (Å²) in [6, 6.07) is 12.7. The van der Waals surface area contributed by atoms with Crippen LogP contribution in [0.3, 0.4) is 0 Å². The van der Waals surface area contributed by atoms with Crippen molar-refractivity contribution in [3.05, 3.63) is 59.7 Å². The third-order valence-electron chi connectivity index (χ3n) is 2.48. The average molecular weight is 252 g/mol. The van der Waals surface area contributed by atoms with Crippen LogP contribution in [0.2, 0.25) is 0 Å². The van der Waals surface area contributed by atoms with Crippen LogP contribution in [0.5, 0.6) is 11.5 Å². The molecule has 0 aromatic heterocycles. The molecule has 0 saturated heterocycles. The summed E-state index contributed by atoms with van der Waals surface area (Å²) in [5, 5.41) is 0. The largest absolute Gasteiger partial charge is 0.457 e. The number of hydrogen-bond acceptors (Lipinski definition) is 1. The van der Waals surface area contributed by atoms with Crippen LogP contribution in [0.4, 0.5) is 13.2 Å². The van der Waals surface area contributed by atoms with E-state index in [1.807, 2.05) is 6.07 Å². The van der Waals surface area contributed by atoms with Gasteiger partial charge in [0.1, 0.15) is 11.5 Å². The van der Waals surface area contributed by atoms with Crippen LogP contribution in [0.15, 0.2) is 48.5 Å². The maximum Gasteiger partial charge on any atom is 0.416 e. The summed E-state index contributed by atoms with van der Waals surface area (Å²) in [6.07, 6.45) is -4.32. The maximum absolute atomic E-state index is 12.6. The third kappa shape index (κ3) is 2.83. The fourth-order valence-electron chi connectivity index (χ4n) is 1.64. The summed E-state index contributed by atoms with van der Waals surface area (Å²) in [4.78, 5) is 0. The van der Waals surface area contributed by atoms with Crippen LogP contribution in [-0.4, -0.2) is 0 Å². The Morgan fingerprint density at radius 2 is 1.56 bits per heavy atom. The molecule has 0 aliphatic rings. The fraction of sp³-hybridized carbons (Fsp3) is 0.143. The number of halogens is 3. The topological polar surface area (TPSA) is 9.23 Å². The van der Waals surface area contributed by atoms with E-state index in [0.717, 1.165) is 6.07 Å². The minimum atomic E-state index is -4.32. The molecule has 0 radical (unpaired) electrons. The SMILES string of the molecule is Cc1cc(Oc2ccccc2)ccc1C(F)(F)F. The molecule has 2 aromatic rings. The van der Waals surface area contributed by atoms with Gasteiger partial charge >= 0.3 is 6.18 Å². The highest BCUT2D eigenvalue weighted by Crippen LogP contribution is 2.34. The minimum Gasteiger partial charge on any atom is -0.457 e. The van der Waals surface area contributed by atoms with Gasteiger partial charge in [0.05, 0.1) is 5.56 Å². The number of para-hydroxylation sites is 1. The van der Waals surface area contributed by atoms with Crippen molar-refractivity contribution < 1.29 is 17.9 Å². The van der Waals surface area contributed by atoms with Gasteiger partial charge in [-0.05, 0) is 42.8 Å². The summed E-state index contributed by atoms with van der Waals surface area (Å²) in [7, 11) is 0. The van der Waals surface area contributed by atoms with E-state index in [0.29, 0.717) is 11.5 Å². The van der Waals surface area contributed by atoms with Gasteiger partial charge in [0.2, 0.25) is 0 Å². The summed E-state index contributed by atoms with van der Waals surface area (Å²) in [5.41, 5.74) is -0.487. The van der Waals surface area contributed by atoms with Crippen molar-refractivity contribution in [1.82, 2.24) is 0 Å². The van der Waals surface area contributed by atoms with Gasteiger partial charge in [-0.3, -0.25) is 0 Å². The first-order chi connectivity index (χ1) is 8.47. The Balaban J connectivity index is 2.25. The zero-order valence-corrected chi connectivity index (χ0v) is 9.66. The lowest BCUT2D eigenvalue weighted by Crippen LogP contribution is -2.07. The highest BCUT2D eigenvalue weighted by atomic mass is 19.4. The van der Waals surface area contributed by atoms with Gasteiger partial charge in [-0.2, -0.15) is 13.2 Å². The second kappa shape index (κ2) is 4.72. The number of alkyl halides is 3. The maximum atomic E-state index is 12.6. The van der Waals surface area contributed by atoms with E-state index in [-0.39, 0.29) is 5.56 Å². The summed E-state index contributed by atoms with van der Waals surface area (Å²) < 4.78 is 43.2. The molecule has 1 nitrogen and oxygen atoms in total. The van der Waals surface area contributed by atoms with Gasteiger partial charge in [0.25, 0.3) is 0 Å². The molecule has 0 unspecified atom stereocenters. The molecule has 0 heterocycles. The Morgan fingerprint density at radius 1 is 0.889 bits per heavy atom. The number of aryl methyl sites for hydroxylation is 1. The Hall–Kier alpha value is -1.97. The zero-order valence-electron chi connectivity index (χ0n) is 9.66. The molecule has 0 amide bonds.